The van der Waals surface area contributed by atoms with Gasteiger partial charge < -0.3 is 0 Å². The molecule has 2 rings (SSSR count). The molecule has 2 aromatic rings. The van der Waals surface area contributed by atoms with Crippen LogP contribution < -0.4 is 5.43 Å². The molecule has 0 saturated heterocycles. The lowest BCUT2D eigenvalue weighted by Gasteiger charge is -2.03. The number of carbonyl (C=O) groups excluding carboxylic acids is 1. The molecule has 1 radical (unpaired) electrons. The summed E-state index contributed by atoms with van der Waals surface area (Å²) in [4.78, 5) is 12.9. The molecule has 0 saturated carbocycles. The minimum Gasteiger partial charge on any atom is -0.267 e. The maximum atomic E-state index is 11.7. The Hall–Kier alpha value is -2.17. The van der Waals surface area contributed by atoms with Gasteiger partial charge in [0, 0.05) is 5.56 Å². The van der Waals surface area contributed by atoms with Crippen LogP contribution in [0.25, 0.3) is 0 Å². The van der Waals surface area contributed by atoms with E-state index in [0.29, 0.717) is 5.56 Å². The van der Waals surface area contributed by atoms with Crippen molar-refractivity contribution in [2.45, 2.75) is 6.92 Å². The summed E-state index contributed by atoms with van der Waals surface area (Å²) in [6.45, 7) is 5.55. The molecule has 16 heavy (non-hydrogen) atoms. The molecule has 81 valence electrons. The number of amides is 1. The Morgan fingerprint density at radius 1 is 1.50 bits per heavy atom. The number of hydrogen-bond acceptors (Lipinski definition) is 3. The lowest BCUT2D eigenvalue weighted by Crippen LogP contribution is -2.25. The summed E-state index contributed by atoms with van der Waals surface area (Å²) in [6, 6.07) is 7.01. The largest absolute Gasteiger partial charge is 0.272 e. The van der Waals surface area contributed by atoms with Crippen LogP contribution in [0.3, 0.4) is 0 Å². The zero-order chi connectivity index (χ0) is 11.5. The molecule has 0 bridgehead atoms. The van der Waals surface area contributed by atoms with E-state index in [2.05, 4.69) is 22.5 Å². The van der Waals surface area contributed by atoms with Gasteiger partial charge in [-0.15, -0.1) is 10.2 Å². The van der Waals surface area contributed by atoms with E-state index in [4.69, 9.17) is 0 Å². The van der Waals surface area contributed by atoms with Crippen LogP contribution in [0.4, 0.5) is 0 Å². The van der Waals surface area contributed by atoms with Crippen molar-refractivity contribution in [3.8, 4) is 0 Å². The molecule has 1 N–H and O–H groups in total. The molecular formula is C11H11N4O. The second-order valence-corrected chi connectivity index (χ2v) is 3.42. The summed E-state index contributed by atoms with van der Waals surface area (Å²) in [5.74, 6) is -0.263. The van der Waals surface area contributed by atoms with Gasteiger partial charge in [-0.05, 0) is 31.5 Å². The van der Waals surface area contributed by atoms with Gasteiger partial charge in [0.1, 0.15) is 0 Å². The van der Waals surface area contributed by atoms with Crippen molar-refractivity contribution in [1.82, 2.24) is 15.1 Å². The summed E-state index contributed by atoms with van der Waals surface area (Å²) < 4.78 is 0. The third-order valence-electron chi connectivity index (χ3n) is 2.00. The number of benzene rings is 1. The number of nitrogens with one attached hydrogen (secondary N) is 1. The van der Waals surface area contributed by atoms with E-state index in [-0.39, 0.29) is 5.91 Å². The highest BCUT2D eigenvalue weighted by Gasteiger charge is 2.06. The molecule has 0 fully saturated rings. The molecule has 1 aromatic heterocycles. The molecule has 0 unspecified atom stereocenters. The topological polar surface area (TPSA) is 59.8 Å². The van der Waals surface area contributed by atoms with E-state index in [1.54, 1.807) is 31.3 Å². The Kier molecular flexibility index (Phi) is 2.68. The van der Waals surface area contributed by atoms with Crippen molar-refractivity contribution in [2.24, 2.45) is 0 Å². The number of rotatable bonds is 2. The van der Waals surface area contributed by atoms with Gasteiger partial charge in [0.15, 0.2) is 0 Å². The molecule has 5 heteroatoms. The molecule has 0 aliphatic heterocycles. The highest BCUT2D eigenvalue weighted by atomic mass is 16.2. The Morgan fingerprint density at radius 2 is 2.31 bits per heavy atom. The van der Waals surface area contributed by atoms with Crippen molar-refractivity contribution in [2.75, 3.05) is 5.43 Å². The van der Waals surface area contributed by atoms with Crippen LogP contribution in [-0.4, -0.2) is 21.0 Å². The van der Waals surface area contributed by atoms with Gasteiger partial charge in [0.05, 0.1) is 11.9 Å². The highest BCUT2D eigenvalue weighted by Crippen LogP contribution is 2.03. The average Bonchev–Trinajstić information content (AvgIpc) is 2.64. The van der Waals surface area contributed by atoms with Crippen LogP contribution in [0.5, 0.6) is 0 Å². The van der Waals surface area contributed by atoms with Crippen molar-refractivity contribution in [3.05, 3.63) is 54.2 Å². The van der Waals surface area contributed by atoms with Gasteiger partial charge in [0.25, 0.3) is 5.91 Å². The SMILES string of the molecule is [CH2]c1cccc(C(=O)Nn2ncc(C)n2)c1. The smallest absolute Gasteiger partial charge is 0.267 e. The third-order valence-corrected chi connectivity index (χ3v) is 2.00. The normalized spacial score (nSPS) is 10.1. The standard InChI is InChI=1S/C11H11N4O/c1-8-4-3-5-10(6-8)11(16)14-15-12-7-9(2)13-15/h3-7H,1H2,2H3,(H,14,16). The Bertz CT molecular complexity index is 518. The molecule has 0 aliphatic carbocycles. The van der Waals surface area contributed by atoms with Crippen molar-refractivity contribution >= 4 is 5.91 Å². The average molecular weight is 215 g/mol. The van der Waals surface area contributed by atoms with Gasteiger partial charge in [-0.3, -0.25) is 4.79 Å². The predicted molar refractivity (Wildman–Crippen MR) is 59.4 cm³/mol. The Labute approximate surface area is 93.1 Å². The van der Waals surface area contributed by atoms with Gasteiger partial charge >= 0.3 is 0 Å². The molecule has 1 aromatic carbocycles. The summed E-state index contributed by atoms with van der Waals surface area (Å²) >= 11 is 0. The molecule has 0 aliphatic rings. The predicted octanol–water partition coefficient (Wildman–Crippen LogP) is 1.15. The fourth-order valence-electron chi connectivity index (χ4n) is 1.26. The number of carbonyl (C=O) groups is 1. The second-order valence-electron chi connectivity index (χ2n) is 3.42. The summed E-state index contributed by atoms with van der Waals surface area (Å²) in [5, 5.41) is 7.82. The summed E-state index contributed by atoms with van der Waals surface area (Å²) in [6.07, 6.45) is 1.57. The fraction of sp³-hybridized carbons (Fsp3) is 0.0909. The molecule has 0 spiro atoms. The van der Waals surface area contributed by atoms with Gasteiger partial charge in [-0.25, -0.2) is 5.43 Å². The highest BCUT2D eigenvalue weighted by molar-refractivity contribution is 5.99. The van der Waals surface area contributed by atoms with E-state index >= 15 is 0 Å². The Balaban J connectivity index is 2.14. The van der Waals surface area contributed by atoms with Gasteiger partial charge in [-0.2, -0.15) is 0 Å². The van der Waals surface area contributed by atoms with Crippen molar-refractivity contribution < 1.29 is 4.79 Å². The lowest BCUT2D eigenvalue weighted by atomic mass is 10.1. The summed E-state index contributed by atoms with van der Waals surface area (Å²) in [7, 11) is 0. The second kappa shape index (κ2) is 4.14. The number of hydrogen-bond donors (Lipinski definition) is 1. The van der Waals surface area contributed by atoms with Gasteiger partial charge in [-0.1, -0.05) is 17.0 Å². The van der Waals surface area contributed by atoms with Crippen molar-refractivity contribution in [3.63, 3.8) is 0 Å². The Morgan fingerprint density at radius 3 is 2.94 bits per heavy atom. The number of aryl methyl sites for hydroxylation is 1. The van der Waals surface area contributed by atoms with Crippen LogP contribution in [0.15, 0.2) is 30.5 Å². The minimum absolute atomic E-state index is 0.263. The molecule has 5 nitrogen and oxygen atoms in total. The third kappa shape index (κ3) is 2.25. The van der Waals surface area contributed by atoms with Gasteiger partial charge in [0.2, 0.25) is 0 Å². The molecular weight excluding hydrogens is 204 g/mol. The number of nitrogens with zero attached hydrogens (tertiary/aromatic N) is 3. The zero-order valence-electron chi connectivity index (χ0n) is 8.84. The van der Waals surface area contributed by atoms with Crippen LogP contribution in [0, 0.1) is 13.8 Å². The van der Waals surface area contributed by atoms with E-state index in [1.165, 1.54) is 0 Å². The lowest BCUT2D eigenvalue weighted by molar-refractivity contribution is 0.100. The maximum Gasteiger partial charge on any atom is 0.272 e. The molecule has 0 atom stereocenters. The number of aromatic nitrogens is 3. The van der Waals surface area contributed by atoms with Crippen LogP contribution in [0.2, 0.25) is 0 Å². The van der Waals surface area contributed by atoms with Crippen LogP contribution in [0.1, 0.15) is 21.6 Å². The molecule has 1 amide bonds. The van der Waals surface area contributed by atoms with E-state index in [1.807, 2.05) is 6.07 Å². The van der Waals surface area contributed by atoms with E-state index in [9.17, 15) is 4.79 Å². The summed E-state index contributed by atoms with van der Waals surface area (Å²) in [5.41, 5.74) is 4.60. The van der Waals surface area contributed by atoms with Crippen molar-refractivity contribution in [1.29, 1.82) is 0 Å². The zero-order valence-corrected chi connectivity index (χ0v) is 8.84. The monoisotopic (exact) mass is 215 g/mol. The first-order chi connectivity index (χ1) is 7.65. The maximum absolute atomic E-state index is 11.7. The first-order valence-electron chi connectivity index (χ1n) is 4.77. The molecule has 1 heterocycles. The van der Waals surface area contributed by atoms with E-state index in [0.717, 1.165) is 16.2 Å². The van der Waals surface area contributed by atoms with Crippen LogP contribution >= 0.6 is 0 Å². The first kappa shape index (κ1) is 10.4. The first-order valence-corrected chi connectivity index (χ1v) is 4.77. The van der Waals surface area contributed by atoms with E-state index < -0.39 is 0 Å². The fourth-order valence-corrected chi connectivity index (χ4v) is 1.26. The quantitative estimate of drug-likeness (QED) is 0.817. The van der Waals surface area contributed by atoms with Crippen LogP contribution in [-0.2, 0) is 0 Å². The minimum atomic E-state index is -0.263.